The molecule has 0 atom stereocenters. The Bertz CT molecular complexity index is 732. The molecular formula is C14H12O6. The largest absolute Gasteiger partial charge is 0.504 e. The normalized spacial score (nSPS) is 10.7. The number of aryl methyl sites for hydroxylation is 1. The lowest BCUT2D eigenvalue weighted by Crippen LogP contribution is -2.04. The summed E-state index contributed by atoms with van der Waals surface area (Å²) in [6.45, 7) is 1.71. The predicted octanol–water partition coefficient (Wildman–Crippen LogP) is 2.21. The highest BCUT2D eigenvalue weighted by atomic mass is 16.4. The van der Waals surface area contributed by atoms with Crippen molar-refractivity contribution in [2.45, 2.75) is 13.3 Å². The molecule has 0 aliphatic rings. The van der Waals surface area contributed by atoms with Crippen LogP contribution >= 0.6 is 0 Å². The van der Waals surface area contributed by atoms with Crippen LogP contribution in [0.2, 0.25) is 0 Å². The van der Waals surface area contributed by atoms with E-state index in [0.29, 0.717) is 17.4 Å². The molecule has 0 saturated heterocycles. The summed E-state index contributed by atoms with van der Waals surface area (Å²) in [5, 5.41) is 38.3. The number of phenolic OH excluding ortho intramolecular Hbond substituents is 1. The fraction of sp³-hybridized carbons (Fsp3) is 0.143. The Balaban J connectivity index is 2.96. The number of aromatic hydroxyl groups is 2. The number of carboxylic acid groups (broad SMARTS) is 2. The molecule has 20 heavy (non-hydrogen) atoms. The van der Waals surface area contributed by atoms with Gasteiger partial charge in [0, 0.05) is 5.39 Å². The third-order valence-electron chi connectivity index (χ3n) is 3.18. The smallest absolute Gasteiger partial charge is 0.339 e. The van der Waals surface area contributed by atoms with Crippen LogP contribution in [0.3, 0.4) is 0 Å². The van der Waals surface area contributed by atoms with Crippen LogP contribution in [0.5, 0.6) is 11.5 Å². The third-order valence-corrected chi connectivity index (χ3v) is 3.18. The summed E-state index contributed by atoms with van der Waals surface area (Å²) in [7, 11) is 0. The summed E-state index contributed by atoms with van der Waals surface area (Å²) in [6.07, 6.45) is 0.318. The van der Waals surface area contributed by atoms with Crippen molar-refractivity contribution < 1.29 is 30.0 Å². The van der Waals surface area contributed by atoms with Gasteiger partial charge in [-0.2, -0.15) is 0 Å². The van der Waals surface area contributed by atoms with Crippen molar-refractivity contribution >= 4 is 22.7 Å². The molecule has 2 aromatic carbocycles. The average molecular weight is 276 g/mol. The average Bonchev–Trinajstić information content (AvgIpc) is 2.41. The molecule has 104 valence electrons. The lowest BCUT2D eigenvalue weighted by molar-refractivity contribution is 0.0682. The Hall–Kier alpha value is -2.76. The van der Waals surface area contributed by atoms with E-state index in [2.05, 4.69) is 0 Å². The number of benzene rings is 2. The molecule has 0 amide bonds. The Morgan fingerprint density at radius 2 is 1.65 bits per heavy atom. The summed E-state index contributed by atoms with van der Waals surface area (Å²) in [6, 6.07) is 3.96. The van der Waals surface area contributed by atoms with Crippen LogP contribution in [0.25, 0.3) is 10.8 Å². The lowest BCUT2D eigenvalue weighted by Gasteiger charge is -2.13. The maximum atomic E-state index is 11.2. The van der Waals surface area contributed by atoms with Gasteiger partial charge in [0.05, 0.1) is 5.56 Å². The van der Waals surface area contributed by atoms with E-state index in [0.717, 1.165) is 0 Å². The number of rotatable bonds is 3. The van der Waals surface area contributed by atoms with Gasteiger partial charge < -0.3 is 20.4 Å². The first-order chi connectivity index (χ1) is 9.38. The van der Waals surface area contributed by atoms with E-state index in [1.807, 2.05) is 0 Å². The van der Waals surface area contributed by atoms with Crippen molar-refractivity contribution in [3.8, 4) is 11.5 Å². The number of carbonyl (C=O) groups is 2. The quantitative estimate of drug-likeness (QED) is 0.639. The fourth-order valence-corrected chi connectivity index (χ4v) is 2.26. The van der Waals surface area contributed by atoms with E-state index in [-0.39, 0.29) is 16.5 Å². The van der Waals surface area contributed by atoms with Crippen molar-refractivity contribution in [3.05, 3.63) is 34.9 Å². The van der Waals surface area contributed by atoms with Gasteiger partial charge in [-0.3, -0.25) is 0 Å². The van der Waals surface area contributed by atoms with E-state index >= 15 is 0 Å². The van der Waals surface area contributed by atoms with Crippen molar-refractivity contribution in [2.75, 3.05) is 0 Å². The number of carboxylic acids is 2. The van der Waals surface area contributed by atoms with Gasteiger partial charge in [-0.25, -0.2) is 9.59 Å². The molecule has 2 aromatic rings. The number of fused-ring (bicyclic) bond motifs is 1. The maximum Gasteiger partial charge on any atom is 0.339 e. The number of hydrogen-bond donors (Lipinski definition) is 4. The molecule has 0 radical (unpaired) electrons. The van der Waals surface area contributed by atoms with Crippen molar-refractivity contribution in [1.29, 1.82) is 0 Å². The molecule has 0 bridgehead atoms. The Morgan fingerprint density at radius 1 is 1.00 bits per heavy atom. The van der Waals surface area contributed by atoms with Gasteiger partial charge in [-0.1, -0.05) is 13.0 Å². The zero-order valence-corrected chi connectivity index (χ0v) is 10.5. The fourth-order valence-electron chi connectivity index (χ4n) is 2.26. The van der Waals surface area contributed by atoms with Crippen LogP contribution in [-0.2, 0) is 6.42 Å². The molecule has 4 N–H and O–H groups in total. The van der Waals surface area contributed by atoms with Crippen molar-refractivity contribution in [2.24, 2.45) is 0 Å². The van der Waals surface area contributed by atoms with Crippen LogP contribution < -0.4 is 0 Å². The first kappa shape index (κ1) is 13.7. The van der Waals surface area contributed by atoms with Gasteiger partial charge in [0.2, 0.25) is 0 Å². The predicted molar refractivity (Wildman–Crippen MR) is 70.6 cm³/mol. The summed E-state index contributed by atoms with van der Waals surface area (Å²) in [4.78, 5) is 22.1. The first-order valence-electron chi connectivity index (χ1n) is 5.85. The molecule has 0 aromatic heterocycles. The SMILES string of the molecule is CCc1c(C(=O)O)c(O)c(O)c2cc(C(=O)O)ccc12. The highest BCUT2D eigenvalue weighted by molar-refractivity contribution is 6.06. The van der Waals surface area contributed by atoms with Crippen LogP contribution in [0, 0.1) is 0 Å². The second kappa shape index (κ2) is 4.73. The van der Waals surface area contributed by atoms with Gasteiger partial charge in [0.25, 0.3) is 0 Å². The molecule has 0 saturated carbocycles. The maximum absolute atomic E-state index is 11.2. The second-order valence-corrected chi connectivity index (χ2v) is 4.27. The number of aromatic carboxylic acids is 2. The molecule has 0 heterocycles. The molecule has 0 unspecified atom stereocenters. The zero-order chi connectivity index (χ0) is 15.0. The topological polar surface area (TPSA) is 115 Å². The molecule has 6 nitrogen and oxygen atoms in total. The minimum Gasteiger partial charge on any atom is -0.504 e. The molecule has 0 aliphatic carbocycles. The standard InChI is InChI=1S/C14H12O6/c1-2-7-8-4-3-6(13(17)18)5-9(8)11(15)12(16)10(7)14(19)20/h3-5,15-16H,2H2,1H3,(H,17,18)(H,19,20). The highest BCUT2D eigenvalue weighted by Gasteiger charge is 2.23. The zero-order valence-electron chi connectivity index (χ0n) is 10.5. The van der Waals surface area contributed by atoms with Gasteiger partial charge in [0.15, 0.2) is 11.5 Å². The van der Waals surface area contributed by atoms with Crippen LogP contribution in [0.15, 0.2) is 18.2 Å². The Morgan fingerprint density at radius 3 is 2.15 bits per heavy atom. The lowest BCUT2D eigenvalue weighted by atomic mass is 9.94. The minimum atomic E-state index is -1.35. The molecule has 0 fully saturated rings. The monoisotopic (exact) mass is 276 g/mol. The van der Waals surface area contributed by atoms with Gasteiger partial charge >= 0.3 is 11.9 Å². The highest BCUT2D eigenvalue weighted by Crippen LogP contribution is 2.41. The Kier molecular flexibility index (Phi) is 3.23. The minimum absolute atomic E-state index is 0.0580. The number of phenols is 2. The molecule has 6 heteroatoms. The summed E-state index contributed by atoms with van der Waals surface area (Å²) in [5.41, 5.74) is -0.0716. The van der Waals surface area contributed by atoms with Crippen molar-refractivity contribution in [3.63, 3.8) is 0 Å². The molecular weight excluding hydrogens is 264 g/mol. The van der Waals surface area contributed by atoms with Crippen LogP contribution in [-0.4, -0.2) is 32.4 Å². The van der Waals surface area contributed by atoms with E-state index in [9.17, 15) is 19.8 Å². The van der Waals surface area contributed by atoms with Gasteiger partial charge in [-0.15, -0.1) is 0 Å². The van der Waals surface area contributed by atoms with Gasteiger partial charge in [-0.05, 0) is 29.5 Å². The molecule has 2 rings (SSSR count). The van der Waals surface area contributed by atoms with Gasteiger partial charge in [0.1, 0.15) is 5.56 Å². The van der Waals surface area contributed by atoms with E-state index in [1.54, 1.807) is 6.92 Å². The Labute approximate surface area is 113 Å². The summed E-state index contributed by atoms with van der Waals surface area (Å²) in [5.74, 6) is -3.90. The third kappa shape index (κ3) is 1.91. The molecule has 0 aliphatic heterocycles. The summed E-state index contributed by atoms with van der Waals surface area (Å²) >= 11 is 0. The summed E-state index contributed by atoms with van der Waals surface area (Å²) < 4.78 is 0. The van der Waals surface area contributed by atoms with E-state index in [1.165, 1.54) is 18.2 Å². The van der Waals surface area contributed by atoms with E-state index < -0.39 is 23.4 Å². The number of hydrogen-bond acceptors (Lipinski definition) is 4. The van der Waals surface area contributed by atoms with Crippen molar-refractivity contribution in [1.82, 2.24) is 0 Å². The molecule has 0 spiro atoms. The van der Waals surface area contributed by atoms with Crippen LogP contribution in [0.4, 0.5) is 0 Å². The first-order valence-corrected chi connectivity index (χ1v) is 5.85. The van der Waals surface area contributed by atoms with Crippen LogP contribution in [0.1, 0.15) is 33.2 Å². The second-order valence-electron chi connectivity index (χ2n) is 4.27. The van der Waals surface area contributed by atoms with E-state index in [4.69, 9.17) is 10.2 Å².